The Hall–Kier alpha value is -1.74. The van der Waals surface area contributed by atoms with E-state index in [-0.39, 0.29) is 5.92 Å². The summed E-state index contributed by atoms with van der Waals surface area (Å²) in [5, 5.41) is 3.23. The molecule has 1 N–H and O–H groups in total. The Morgan fingerprint density at radius 2 is 1.89 bits per heavy atom. The Balaban J connectivity index is 2.38. The highest BCUT2D eigenvalue weighted by atomic mass is 32.1. The first-order valence-corrected chi connectivity index (χ1v) is 6.47. The Morgan fingerprint density at radius 1 is 1.17 bits per heavy atom. The van der Waals surface area contributed by atoms with Crippen LogP contribution in [0.1, 0.15) is 24.1 Å². The SMILES string of the molecule is CCNC(=S)C(c1ccccc1)c1ccccn1. The van der Waals surface area contributed by atoms with Gasteiger partial charge in [-0.1, -0.05) is 48.6 Å². The van der Waals surface area contributed by atoms with Gasteiger partial charge in [-0.2, -0.15) is 0 Å². The molecule has 0 fully saturated rings. The molecule has 0 saturated carbocycles. The van der Waals surface area contributed by atoms with Crippen LogP contribution in [0.3, 0.4) is 0 Å². The first-order valence-electron chi connectivity index (χ1n) is 6.06. The molecule has 0 saturated heterocycles. The lowest BCUT2D eigenvalue weighted by Gasteiger charge is -2.18. The Bertz CT molecular complexity index is 457. The van der Waals surface area contributed by atoms with Gasteiger partial charge in [0.1, 0.15) is 0 Å². The number of benzene rings is 1. The molecule has 0 amide bonds. The molecule has 1 aromatic heterocycles. The minimum absolute atomic E-state index is 0.0300. The van der Waals surface area contributed by atoms with Crippen LogP contribution in [-0.4, -0.2) is 16.5 Å². The van der Waals surface area contributed by atoms with Crippen LogP contribution >= 0.6 is 12.2 Å². The van der Waals surface area contributed by atoms with Gasteiger partial charge in [-0.15, -0.1) is 0 Å². The minimum Gasteiger partial charge on any atom is -0.379 e. The standard InChI is InChI=1S/C15H16N2S/c1-2-16-15(18)14(12-8-4-3-5-9-12)13-10-6-7-11-17-13/h3-11,14H,2H2,1H3,(H,16,18). The molecular formula is C15H16N2S. The van der Waals surface area contributed by atoms with Crippen molar-refractivity contribution < 1.29 is 0 Å². The van der Waals surface area contributed by atoms with Gasteiger partial charge in [0.2, 0.25) is 0 Å². The maximum absolute atomic E-state index is 5.49. The van der Waals surface area contributed by atoms with Crippen LogP contribution in [0.2, 0.25) is 0 Å². The molecule has 1 aromatic carbocycles. The average molecular weight is 256 g/mol. The van der Waals surface area contributed by atoms with Crippen molar-refractivity contribution in [2.24, 2.45) is 0 Å². The fourth-order valence-electron chi connectivity index (χ4n) is 1.92. The van der Waals surface area contributed by atoms with E-state index in [4.69, 9.17) is 12.2 Å². The lowest BCUT2D eigenvalue weighted by Crippen LogP contribution is -2.28. The minimum atomic E-state index is 0.0300. The zero-order chi connectivity index (χ0) is 12.8. The van der Waals surface area contributed by atoms with Crippen molar-refractivity contribution in [3.63, 3.8) is 0 Å². The van der Waals surface area contributed by atoms with Crippen LogP contribution in [0, 0.1) is 0 Å². The molecule has 0 aliphatic carbocycles. The normalized spacial score (nSPS) is 11.8. The average Bonchev–Trinajstić information content (AvgIpc) is 2.42. The summed E-state index contributed by atoms with van der Waals surface area (Å²) in [6, 6.07) is 16.2. The van der Waals surface area contributed by atoms with Gasteiger partial charge in [0, 0.05) is 12.7 Å². The zero-order valence-electron chi connectivity index (χ0n) is 10.3. The topological polar surface area (TPSA) is 24.9 Å². The fourth-order valence-corrected chi connectivity index (χ4v) is 2.33. The number of aromatic nitrogens is 1. The Morgan fingerprint density at radius 3 is 2.50 bits per heavy atom. The third kappa shape index (κ3) is 2.93. The van der Waals surface area contributed by atoms with Gasteiger partial charge < -0.3 is 5.32 Å². The van der Waals surface area contributed by atoms with Crippen LogP contribution in [-0.2, 0) is 0 Å². The number of nitrogens with one attached hydrogen (secondary N) is 1. The van der Waals surface area contributed by atoms with Crippen molar-refractivity contribution in [1.29, 1.82) is 0 Å². The van der Waals surface area contributed by atoms with Crippen LogP contribution in [0.5, 0.6) is 0 Å². The number of thiocarbonyl (C=S) groups is 1. The quantitative estimate of drug-likeness (QED) is 0.851. The maximum atomic E-state index is 5.49. The summed E-state index contributed by atoms with van der Waals surface area (Å²) in [6.07, 6.45) is 1.81. The molecule has 92 valence electrons. The Kier molecular flexibility index (Phi) is 4.42. The fraction of sp³-hybridized carbons (Fsp3) is 0.200. The lowest BCUT2D eigenvalue weighted by molar-refractivity contribution is 0.903. The van der Waals surface area contributed by atoms with Gasteiger partial charge in [0.05, 0.1) is 16.6 Å². The summed E-state index contributed by atoms with van der Waals surface area (Å²) in [5.74, 6) is 0.0300. The smallest absolute Gasteiger partial charge is 0.0890 e. The molecular weight excluding hydrogens is 240 g/mol. The van der Waals surface area contributed by atoms with Crippen LogP contribution in [0.4, 0.5) is 0 Å². The van der Waals surface area contributed by atoms with Gasteiger partial charge in [0.15, 0.2) is 0 Å². The van der Waals surface area contributed by atoms with E-state index in [1.807, 2.05) is 43.3 Å². The summed E-state index contributed by atoms with van der Waals surface area (Å²) in [4.78, 5) is 5.25. The number of likely N-dealkylation sites (N-methyl/N-ethyl adjacent to an activating group) is 1. The van der Waals surface area contributed by atoms with E-state index in [0.29, 0.717) is 0 Å². The molecule has 0 bridgehead atoms. The number of nitrogens with zero attached hydrogens (tertiary/aromatic N) is 1. The largest absolute Gasteiger partial charge is 0.379 e. The molecule has 3 heteroatoms. The molecule has 2 nitrogen and oxygen atoms in total. The van der Waals surface area contributed by atoms with Crippen molar-refractivity contribution >= 4 is 17.2 Å². The molecule has 18 heavy (non-hydrogen) atoms. The third-order valence-corrected chi connectivity index (χ3v) is 3.11. The van der Waals surface area contributed by atoms with Gasteiger partial charge in [-0.3, -0.25) is 4.98 Å². The molecule has 1 heterocycles. The van der Waals surface area contributed by atoms with Gasteiger partial charge in [-0.05, 0) is 24.6 Å². The van der Waals surface area contributed by atoms with E-state index < -0.39 is 0 Å². The summed E-state index contributed by atoms with van der Waals surface area (Å²) in [5.41, 5.74) is 2.15. The lowest BCUT2D eigenvalue weighted by atomic mass is 9.95. The highest BCUT2D eigenvalue weighted by Gasteiger charge is 2.19. The number of hydrogen-bond acceptors (Lipinski definition) is 2. The van der Waals surface area contributed by atoms with E-state index in [1.54, 1.807) is 6.20 Å². The van der Waals surface area contributed by atoms with Crippen LogP contribution in [0.25, 0.3) is 0 Å². The van der Waals surface area contributed by atoms with Crippen molar-refractivity contribution in [3.05, 3.63) is 66.0 Å². The molecule has 2 rings (SSSR count). The predicted molar refractivity (Wildman–Crippen MR) is 78.8 cm³/mol. The molecule has 1 atom stereocenters. The van der Waals surface area contributed by atoms with Gasteiger partial charge >= 0.3 is 0 Å². The second kappa shape index (κ2) is 6.26. The second-order valence-corrected chi connectivity index (χ2v) is 4.43. The first-order chi connectivity index (χ1) is 8.83. The molecule has 2 aromatic rings. The summed E-state index contributed by atoms with van der Waals surface area (Å²) in [6.45, 7) is 2.88. The van der Waals surface area contributed by atoms with Crippen molar-refractivity contribution in [2.75, 3.05) is 6.54 Å². The van der Waals surface area contributed by atoms with E-state index >= 15 is 0 Å². The number of hydrogen-bond donors (Lipinski definition) is 1. The highest BCUT2D eigenvalue weighted by Crippen LogP contribution is 2.23. The van der Waals surface area contributed by atoms with Gasteiger partial charge in [0.25, 0.3) is 0 Å². The van der Waals surface area contributed by atoms with E-state index in [1.165, 1.54) is 5.56 Å². The molecule has 1 unspecified atom stereocenters. The number of pyridine rings is 1. The Labute approximate surface area is 113 Å². The van der Waals surface area contributed by atoms with Crippen molar-refractivity contribution in [3.8, 4) is 0 Å². The van der Waals surface area contributed by atoms with Crippen LogP contribution in [0.15, 0.2) is 54.7 Å². The zero-order valence-corrected chi connectivity index (χ0v) is 11.2. The summed E-state index contributed by atoms with van der Waals surface area (Å²) >= 11 is 5.49. The molecule has 0 aliphatic rings. The van der Waals surface area contributed by atoms with Crippen LogP contribution < -0.4 is 5.32 Å². The number of rotatable bonds is 4. The van der Waals surface area contributed by atoms with E-state index in [2.05, 4.69) is 22.4 Å². The first kappa shape index (κ1) is 12.7. The maximum Gasteiger partial charge on any atom is 0.0890 e. The van der Waals surface area contributed by atoms with Crippen molar-refractivity contribution in [1.82, 2.24) is 10.3 Å². The van der Waals surface area contributed by atoms with E-state index in [0.717, 1.165) is 17.2 Å². The monoisotopic (exact) mass is 256 g/mol. The molecule has 0 aliphatic heterocycles. The molecule has 0 radical (unpaired) electrons. The second-order valence-electron chi connectivity index (χ2n) is 3.99. The molecule has 0 spiro atoms. The van der Waals surface area contributed by atoms with Crippen molar-refractivity contribution in [2.45, 2.75) is 12.8 Å². The highest BCUT2D eigenvalue weighted by molar-refractivity contribution is 7.80. The van der Waals surface area contributed by atoms with E-state index in [9.17, 15) is 0 Å². The van der Waals surface area contributed by atoms with Gasteiger partial charge in [-0.25, -0.2) is 0 Å². The summed E-state index contributed by atoms with van der Waals surface area (Å²) in [7, 11) is 0. The third-order valence-electron chi connectivity index (χ3n) is 2.73. The predicted octanol–water partition coefficient (Wildman–Crippen LogP) is 3.15. The summed E-state index contributed by atoms with van der Waals surface area (Å²) < 4.78 is 0.